The Labute approximate surface area is 119 Å². The van der Waals surface area contributed by atoms with Crippen LogP contribution in [0.4, 0.5) is 0 Å². The Morgan fingerprint density at radius 2 is 1.95 bits per heavy atom. The molecular formula is C15H23NO2S. The number of nitrogens with two attached hydrogens (primary N) is 1. The molecule has 4 heteroatoms. The van der Waals surface area contributed by atoms with Crippen molar-refractivity contribution in [2.75, 3.05) is 6.61 Å². The second kappa shape index (κ2) is 8.23. The first kappa shape index (κ1) is 16.1. The van der Waals surface area contributed by atoms with E-state index in [1.807, 2.05) is 38.1 Å². The number of ether oxygens (including phenoxy) is 1. The zero-order valence-corrected chi connectivity index (χ0v) is 12.7. The molecule has 2 atom stereocenters. The van der Waals surface area contributed by atoms with Crippen LogP contribution in [0, 0.1) is 0 Å². The van der Waals surface area contributed by atoms with Crippen LogP contribution < -0.4 is 5.73 Å². The minimum absolute atomic E-state index is 0.0375. The maximum Gasteiger partial charge on any atom is 0.319 e. The number of hydrogen-bond acceptors (Lipinski definition) is 4. The number of esters is 1. The van der Waals surface area contributed by atoms with Crippen molar-refractivity contribution in [2.45, 2.75) is 49.8 Å². The molecule has 0 fully saturated rings. The molecule has 0 aliphatic carbocycles. The Hall–Kier alpha value is -1.00. The van der Waals surface area contributed by atoms with Crippen molar-refractivity contribution in [1.82, 2.24) is 0 Å². The Bertz CT molecular complexity index is 390. The predicted molar refractivity (Wildman–Crippen MR) is 80.2 cm³/mol. The lowest BCUT2D eigenvalue weighted by Crippen LogP contribution is -2.20. The molecule has 0 saturated heterocycles. The molecule has 0 aliphatic rings. The van der Waals surface area contributed by atoms with Crippen molar-refractivity contribution in [3.05, 3.63) is 29.8 Å². The van der Waals surface area contributed by atoms with E-state index in [1.165, 1.54) is 0 Å². The van der Waals surface area contributed by atoms with Crippen LogP contribution in [0.2, 0.25) is 0 Å². The van der Waals surface area contributed by atoms with Gasteiger partial charge in [-0.05, 0) is 38.0 Å². The molecule has 1 aromatic carbocycles. The predicted octanol–water partition coefficient (Wildman–Crippen LogP) is 3.53. The quantitative estimate of drug-likeness (QED) is 0.613. The average molecular weight is 281 g/mol. The molecule has 0 heterocycles. The Balaban J connectivity index is 2.70. The van der Waals surface area contributed by atoms with Gasteiger partial charge in [-0.25, -0.2) is 0 Å². The van der Waals surface area contributed by atoms with Gasteiger partial charge in [0.1, 0.15) is 5.25 Å². The van der Waals surface area contributed by atoms with E-state index in [1.54, 1.807) is 11.8 Å². The monoisotopic (exact) mass is 281 g/mol. The van der Waals surface area contributed by atoms with Gasteiger partial charge in [0.15, 0.2) is 0 Å². The van der Waals surface area contributed by atoms with Crippen molar-refractivity contribution < 1.29 is 9.53 Å². The van der Waals surface area contributed by atoms with Gasteiger partial charge in [0.2, 0.25) is 0 Å². The van der Waals surface area contributed by atoms with Gasteiger partial charge in [0.05, 0.1) is 6.61 Å². The normalized spacial score (nSPS) is 13.9. The van der Waals surface area contributed by atoms with E-state index in [4.69, 9.17) is 10.5 Å². The molecule has 2 unspecified atom stereocenters. The third-order valence-corrected chi connectivity index (χ3v) is 4.04. The highest BCUT2D eigenvalue weighted by Gasteiger charge is 2.20. The lowest BCUT2D eigenvalue weighted by Gasteiger charge is -2.15. The minimum Gasteiger partial charge on any atom is -0.465 e. The number of benzene rings is 1. The van der Waals surface area contributed by atoms with Crippen molar-refractivity contribution in [1.29, 1.82) is 0 Å². The number of rotatable bonds is 7. The van der Waals surface area contributed by atoms with Gasteiger partial charge in [-0.1, -0.05) is 25.5 Å². The molecule has 0 aromatic heterocycles. The lowest BCUT2D eigenvalue weighted by molar-refractivity contribution is -0.142. The minimum atomic E-state index is -0.120. The van der Waals surface area contributed by atoms with Gasteiger partial charge in [0.25, 0.3) is 0 Å². The first-order valence-electron chi connectivity index (χ1n) is 6.77. The van der Waals surface area contributed by atoms with Crippen LogP contribution in [0.1, 0.15) is 45.2 Å². The van der Waals surface area contributed by atoms with E-state index >= 15 is 0 Å². The van der Waals surface area contributed by atoms with Gasteiger partial charge in [-0.15, -0.1) is 11.8 Å². The van der Waals surface area contributed by atoms with Crippen LogP contribution in [-0.4, -0.2) is 17.8 Å². The smallest absolute Gasteiger partial charge is 0.319 e. The van der Waals surface area contributed by atoms with Gasteiger partial charge >= 0.3 is 5.97 Å². The van der Waals surface area contributed by atoms with Gasteiger partial charge in [-0.3, -0.25) is 4.79 Å². The van der Waals surface area contributed by atoms with Crippen molar-refractivity contribution in [2.24, 2.45) is 5.73 Å². The fourth-order valence-electron chi connectivity index (χ4n) is 1.74. The summed E-state index contributed by atoms with van der Waals surface area (Å²) >= 11 is 1.57. The topological polar surface area (TPSA) is 52.3 Å². The summed E-state index contributed by atoms with van der Waals surface area (Å²) in [7, 11) is 0. The number of hydrogen-bond donors (Lipinski definition) is 1. The molecule has 106 valence electrons. The van der Waals surface area contributed by atoms with E-state index < -0.39 is 0 Å². The summed E-state index contributed by atoms with van der Waals surface area (Å²) in [6, 6.07) is 8.11. The summed E-state index contributed by atoms with van der Waals surface area (Å²) in [6.07, 6.45) is 1.80. The van der Waals surface area contributed by atoms with Crippen molar-refractivity contribution >= 4 is 17.7 Å². The standard InChI is InChI=1S/C15H23NO2S/c1-4-6-14(15(17)18-5-2)19-13-9-7-12(8-10-13)11(3)16/h7-11,14H,4-6,16H2,1-3H3. The zero-order valence-electron chi connectivity index (χ0n) is 11.9. The molecule has 1 rings (SSSR count). The summed E-state index contributed by atoms with van der Waals surface area (Å²) in [5.74, 6) is -0.120. The van der Waals surface area contributed by atoms with Gasteiger partial charge in [0, 0.05) is 10.9 Å². The van der Waals surface area contributed by atoms with Crippen LogP contribution in [0.5, 0.6) is 0 Å². The van der Waals surface area contributed by atoms with E-state index in [2.05, 4.69) is 6.92 Å². The molecule has 3 nitrogen and oxygen atoms in total. The maximum atomic E-state index is 11.8. The maximum absolute atomic E-state index is 11.8. The first-order chi connectivity index (χ1) is 9.08. The molecule has 1 aromatic rings. The van der Waals surface area contributed by atoms with Crippen LogP contribution in [0.25, 0.3) is 0 Å². The molecule has 2 N–H and O–H groups in total. The largest absolute Gasteiger partial charge is 0.465 e. The zero-order chi connectivity index (χ0) is 14.3. The highest BCUT2D eigenvalue weighted by atomic mass is 32.2. The summed E-state index contributed by atoms with van der Waals surface area (Å²) in [5.41, 5.74) is 6.92. The summed E-state index contributed by atoms with van der Waals surface area (Å²) < 4.78 is 5.11. The van der Waals surface area contributed by atoms with Crippen LogP contribution in [0.15, 0.2) is 29.2 Å². The molecular weight excluding hydrogens is 258 g/mol. The average Bonchev–Trinajstić information content (AvgIpc) is 2.39. The third kappa shape index (κ3) is 5.25. The fraction of sp³-hybridized carbons (Fsp3) is 0.533. The highest BCUT2D eigenvalue weighted by molar-refractivity contribution is 8.00. The Kier molecular flexibility index (Phi) is 6.95. The Morgan fingerprint density at radius 1 is 1.32 bits per heavy atom. The molecule has 0 radical (unpaired) electrons. The first-order valence-corrected chi connectivity index (χ1v) is 7.65. The molecule has 0 spiro atoms. The van der Waals surface area contributed by atoms with Crippen molar-refractivity contribution in [3.8, 4) is 0 Å². The van der Waals surface area contributed by atoms with Crippen LogP contribution in [-0.2, 0) is 9.53 Å². The molecule has 0 aliphatic heterocycles. The SMILES string of the molecule is CCCC(Sc1ccc(C(C)N)cc1)C(=O)OCC. The number of carbonyl (C=O) groups excluding carboxylic acids is 1. The lowest BCUT2D eigenvalue weighted by atomic mass is 10.1. The third-order valence-electron chi connectivity index (χ3n) is 2.78. The summed E-state index contributed by atoms with van der Waals surface area (Å²) in [4.78, 5) is 12.9. The van der Waals surface area contributed by atoms with E-state index in [9.17, 15) is 4.79 Å². The van der Waals surface area contributed by atoms with Crippen LogP contribution >= 0.6 is 11.8 Å². The number of carbonyl (C=O) groups is 1. The molecule has 0 bridgehead atoms. The van der Waals surface area contributed by atoms with Crippen molar-refractivity contribution in [3.63, 3.8) is 0 Å². The van der Waals surface area contributed by atoms with E-state index in [-0.39, 0.29) is 17.3 Å². The second-order valence-corrected chi connectivity index (χ2v) is 5.78. The van der Waals surface area contributed by atoms with Gasteiger partial charge in [-0.2, -0.15) is 0 Å². The Morgan fingerprint density at radius 3 is 2.42 bits per heavy atom. The number of thioether (sulfide) groups is 1. The second-order valence-electron chi connectivity index (χ2n) is 4.50. The summed E-state index contributed by atoms with van der Waals surface area (Å²) in [6.45, 7) is 6.30. The summed E-state index contributed by atoms with van der Waals surface area (Å²) in [5, 5.41) is -0.119. The molecule has 0 amide bonds. The highest BCUT2D eigenvalue weighted by Crippen LogP contribution is 2.28. The molecule has 19 heavy (non-hydrogen) atoms. The van der Waals surface area contributed by atoms with Gasteiger partial charge < -0.3 is 10.5 Å². The fourth-order valence-corrected chi connectivity index (χ4v) is 2.88. The molecule has 0 saturated carbocycles. The van der Waals surface area contributed by atoms with Crippen LogP contribution in [0.3, 0.4) is 0 Å². The van der Waals surface area contributed by atoms with E-state index in [0.717, 1.165) is 23.3 Å². The van der Waals surface area contributed by atoms with E-state index in [0.29, 0.717) is 6.61 Å².